The fourth-order valence-electron chi connectivity index (χ4n) is 1.57. The highest BCUT2D eigenvalue weighted by Crippen LogP contribution is 2.15. The Kier molecular flexibility index (Phi) is 4.83. The van der Waals surface area contributed by atoms with Crippen LogP contribution >= 0.6 is 0 Å². The average Bonchev–Trinajstić information content (AvgIpc) is 2.26. The summed E-state index contributed by atoms with van der Waals surface area (Å²) in [4.78, 5) is 11.6. The highest BCUT2D eigenvalue weighted by Gasteiger charge is 2.12. The van der Waals surface area contributed by atoms with Crippen LogP contribution in [-0.2, 0) is 0 Å². The van der Waals surface area contributed by atoms with E-state index in [1.165, 1.54) is 0 Å². The molecule has 3 nitrogen and oxygen atoms in total. The topological polar surface area (TPSA) is 41.1 Å². The van der Waals surface area contributed by atoms with Crippen molar-refractivity contribution in [3.63, 3.8) is 0 Å². The third-order valence-corrected chi connectivity index (χ3v) is 2.34. The third-order valence-electron chi connectivity index (χ3n) is 2.34. The van der Waals surface area contributed by atoms with Crippen molar-refractivity contribution in [3.8, 4) is 0 Å². The highest BCUT2D eigenvalue weighted by atomic mass is 16.2. The van der Waals surface area contributed by atoms with Crippen LogP contribution in [0.5, 0.6) is 0 Å². The largest absolute Gasteiger partial charge is 0.336 e. The lowest BCUT2D eigenvalue weighted by atomic mass is 10.1. The summed E-state index contributed by atoms with van der Waals surface area (Å²) in [7, 11) is 0. The van der Waals surface area contributed by atoms with Gasteiger partial charge in [0.1, 0.15) is 0 Å². The first-order chi connectivity index (χ1) is 7.63. The van der Waals surface area contributed by atoms with E-state index < -0.39 is 0 Å². The third kappa shape index (κ3) is 3.93. The molecular weight excluding hydrogens is 200 g/mol. The smallest absolute Gasteiger partial charge is 0.315 e. The molecule has 0 heterocycles. The molecule has 0 aliphatic carbocycles. The quantitative estimate of drug-likeness (QED) is 0.805. The molecule has 16 heavy (non-hydrogen) atoms. The highest BCUT2D eigenvalue weighted by molar-refractivity contribution is 5.74. The minimum absolute atomic E-state index is 0.0833. The number of benzene rings is 1. The van der Waals surface area contributed by atoms with E-state index in [1.54, 1.807) is 0 Å². The van der Waals surface area contributed by atoms with Gasteiger partial charge in [0.2, 0.25) is 0 Å². The Bertz CT molecular complexity index is 322. The summed E-state index contributed by atoms with van der Waals surface area (Å²) in [6, 6.07) is 10.1. The number of rotatable bonds is 4. The van der Waals surface area contributed by atoms with Crippen LogP contribution in [0.25, 0.3) is 0 Å². The lowest BCUT2D eigenvalue weighted by molar-refractivity contribution is 0.234. The number of urea groups is 1. The van der Waals surface area contributed by atoms with Crippen molar-refractivity contribution < 1.29 is 4.79 Å². The molecule has 3 heteroatoms. The molecule has 0 fully saturated rings. The second-order valence-electron chi connectivity index (χ2n) is 4.14. The maximum atomic E-state index is 11.6. The minimum atomic E-state index is -0.106. The van der Waals surface area contributed by atoms with Gasteiger partial charge >= 0.3 is 6.03 Å². The zero-order valence-corrected chi connectivity index (χ0v) is 10.2. The molecule has 0 aromatic heterocycles. The van der Waals surface area contributed by atoms with Crippen LogP contribution in [0.15, 0.2) is 30.3 Å². The zero-order chi connectivity index (χ0) is 12.0. The molecule has 0 bridgehead atoms. The summed E-state index contributed by atoms with van der Waals surface area (Å²) in [6.45, 7) is 5.96. The molecule has 1 aromatic rings. The van der Waals surface area contributed by atoms with Crippen molar-refractivity contribution in [1.82, 2.24) is 10.6 Å². The first-order valence-corrected chi connectivity index (χ1v) is 5.75. The van der Waals surface area contributed by atoms with Gasteiger partial charge in [0.25, 0.3) is 0 Å². The van der Waals surface area contributed by atoms with E-state index >= 15 is 0 Å². The van der Waals surface area contributed by atoms with Gasteiger partial charge in [-0.3, -0.25) is 0 Å². The molecule has 0 aliphatic heterocycles. The van der Waals surface area contributed by atoms with Crippen molar-refractivity contribution in [2.45, 2.75) is 39.3 Å². The molecule has 0 saturated carbocycles. The second-order valence-corrected chi connectivity index (χ2v) is 4.14. The molecule has 1 atom stereocenters. The summed E-state index contributed by atoms with van der Waals surface area (Å²) >= 11 is 0. The number of nitrogens with one attached hydrogen (secondary N) is 2. The van der Waals surface area contributed by atoms with Gasteiger partial charge in [-0.15, -0.1) is 0 Å². The van der Waals surface area contributed by atoms with Crippen LogP contribution < -0.4 is 10.6 Å². The van der Waals surface area contributed by atoms with Gasteiger partial charge in [-0.1, -0.05) is 37.3 Å². The summed E-state index contributed by atoms with van der Waals surface area (Å²) in [5.41, 5.74) is 1.14. The zero-order valence-electron chi connectivity index (χ0n) is 10.2. The van der Waals surface area contributed by atoms with Gasteiger partial charge in [-0.2, -0.15) is 0 Å². The lowest BCUT2D eigenvalue weighted by Crippen LogP contribution is -2.41. The van der Waals surface area contributed by atoms with Gasteiger partial charge in [0.05, 0.1) is 6.04 Å². The van der Waals surface area contributed by atoms with Gasteiger partial charge in [0, 0.05) is 6.04 Å². The first-order valence-electron chi connectivity index (χ1n) is 5.75. The Morgan fingerprint density at radius 2 is 1.81 bits per heavy atom. The number of hydrogen-bond donors (Lipinski definition) is 2. The van der Waals surface area contributed by atoms with Crippen molar-refractivity contribution >= 4 is 6.03 Å². The van der Waals surface area contributed by atoms with Crippen LogP contribution in [0.2, 0.25) is 0 Å². The number of hydrogen-bond acceptors (Lipinski definition) is 1. The van der Waals surface area contributed by atoms with E-state index in [4.69, 9.17) is 0 Å². The predicted molar refractivity (Wildman–Crippen MR) is 66.3 cm³/mol. The molecule has 88 valence electrons. The maximum absolute atomic E-state index is 11.6. The first kappa shape index (κ1) is 12.6. The Labute approximate surface area is 97.2 Å². The van der Waals surface area contributed by atoms with Gasteiger partial charge in [-0.05, 0) is 25.8 Å². The second kappa shape index (κ2) is 6.16. The summed E-state index contributed by atoms with van der Waals surface area (Å²) in [5, 5.41) is 5.79. The van der Waals surface area contributed by atoms with Crippen LogP contribution in [0, 0.1) is 0 Å². The number of carbonyl (C=O) groups excluding carboxylic acids is 1. The molecule has 1 rings (SSSR count). The molecule has 1 aromatic carbocycles. The number of carbonyl (C=O) groups is 1. The molecular formula is C13H20N2O. The number of amides is 2. The molecule has 0 aliphatic rings. The predicted octanol–water partition coefficient (Wildman–Crippen LogP) is 2.85. The molecule has 0 radical (unpaired) electrons. The van der Waals surface area contributed by atoms with E-state index in [0.29, 0.717) is 0 Å². The van der Waals surface area contributed by atoms with Crippen LogP contribution in [0.3, 0.4) is 0 Å². The maximum Gasteiger partial charge on any atom is 0.315 e. The van der Waals surface area contributed by atoms with Crippen LogP contribution in [-0.4, -0.2) is 12.1 Å². The summed E-state index contributed by atoms with van der Waals surface area (Å²) < 4.78 is 0. The summed E-state index contributed by atoms with van der Waals surface area (Å²) in [6.07, 6.45) is 0.884. The van der Waals surface area contributed by atoms with E-state index in [2.05, 4.69) is 17.6 Å². The molecule has 1 unspecified atom stereocenters. The monoisotopic (exact) mass is 220 g/mol. The lowest BCUT2D eigenvalue weighted by Gasteiger charge is -2.19. The Hall–Kier alpha value is -1.51. The van der Waals surface area contributed by atoms with Crippen molar-refractivity contribution in [1.29, 1.82) is 0 Å². The average molecular weight is 220 g/mol. The Balaban J connectivity index is 2.59. The SMILES string of the molecule is CCC(NC(=O)NC(C)C)c1ccccc1. The van der Waals surface area contributed by atoms with Crippen LogP contribution in [0.4, 0.5) is 4.79 Å². The molecule has 0 spiro atoms. The molecule has 2 amide bonds. The Morgan fingerprint density at radius 1 is 1.19 bits per heavy atom. The van der Waals surface area contributed by atoms with E-state index in [9.17, 15) is 4.79 Å². The fourth-order valence-corrected chi connectivity index (χ4v) is 1.57. The van der Waals surface area contributed by atoms with Crippen LogP contribution in [0.1, 0.15) is 38.8 Å². The minimum Gasteiger partial charge on any atom is -0.336 e. The van der Waals surface area contributed by atoms with E-state index in [0.717, 1.165) is 12.0 Å². The normalized spacial score (nSPS) is 12.2. The van der Waals surface area contributed by atoms with Gasteiger partial charge in [-0.25, -0.2) is 4.79 Å². The summed E-state index contributed by atoms with van der Waals surface area (Å²) in [5.74, 6) is 0. The van der Waals surface area contributed by atoms with Gasteiger partial charge in [0.15, 0.2) is 0 Å². The van der Waals surface area contributed by atoms with E-state index in [-0.39, 0.29) is 18.1 Å². The Morgan fingerprint density at radius 3 is 2.31 bits per heavy atom. The molecule has 0 saturated heterocycles. The standard InChI is InChI=1S/C13H20N2O/c1-4-12(11-8-6-5-7-9-11)15-13(16)14-10(2)3/h5-10,12H,4H2,1-3H3,(H2,14,15,16). The van der Waals surface area contributed by atoms with Crippen molar-refractivity contribution in [3.05, 3.63) is 35.9 Å². The van der Waals surface area contributed by atoms with Gasteiger partial charge < -0.3 is 10.6 Å². The van der Waals surface area contributed by atoms with Crippen molar-refractivity contribution in [2.24, 2.45) is 0 Å². The fraction of sp³-hybridized carbons (Fsp3) is 0.462. The van der Waals surface area contributed by atoms with Crippen molar-refractivity contribution in [2.75, 3.05) is 0 Å². The van der Waals surface area contributed by atoms with E-state index in [1.807, 2.05) is 44.2 Å². The molecule has 2 N–H and O–H groups in total.